The highest BCUT2D eigenvalue weighted by Crippen LogP contribution is 2.10. The van der Waals surface area contributed by atoms with E-state index in [0.29, 0.717) is 6.42 Å². The van der Waals surface area contributed by atoms with E-state index in [-0.39, 0.29) is 23.2 Å². The third-order valence-electron chi connectivity index (χ3n) is 1.88. The van der Waals surface area contributed by atoms with Gasteiger partial charge >= 0.3 is 6.09 Å². The number of hydrogen-bond donors (Lipinski definition) is 0. The van der Waals surface area contributed by atoms with Gasteiger partial charge in [0.15, 0.2) is 5.78 Å². The molecule has 0 aliphatic rings. The van der Waals surface area contributed by atoms with Crippen LogP contribution in [0, 0.1) is 5.92 Å². The lowest BCUT2D eigenvalue weighted by Crippen LogP contribution is -2.26. The van der Waals surface area contributed by atoms with Gasteiger partial charge in [0.1, 0.15) is 5.60 Å². The summed E-state index contributed by atoms with van der Waals surface area (Å²) in [5.41, 5.74) is -0.514. The average Bonchev–Trinajstić information content (AvgIpc) is 2.11. The Labute approximate surface area is 117 Å². The van der Waals surface area contributed by atoms with Crippen LogP contribution < -0.4 is 0 Å². The Hall–Kier alpha value is -1.04. The largest absolute Gasteiger partial charge is 0.442 e. The summed E-state index contributed by atoms with van der Waals surface area (Å²) in [6.07, 6.45) is 1.03. The number of ketones is 1. The maximum Gasteiger partial charge on any atom is 0.434 e. The first-order valence-corrected chi connectivity index (χ1v) is 7.87. The minimum Gasteiger partial charge on any atom is -0.442 e. The maximum atomic E-state index is 11.9. The molecule has 0 bridgehead atoms. The third-order valence-corrected chi connectivity index (χ3v) is 2.55. The summed E-state index contributed by atoms with van der Waals surface area (Å²) < 4.78 is 16.1. The fraction of sp³-hybridized carbons (Fsp3) is 0.769. The van der Waals surface area contributed by atoms with Gasteiger partial charge in [-0.05, 0) is 33.1 Å². The Morgan fingerprint density at radius 1 is 1.26 bits per heavy atom. The van der Waals surface area contributed by atoms with Gasteiger partial charge in [-0.2, -0.15) is 4.99 Å². The fourth-order valence-corrected chi connectivity index (χ4v) is 1.81. The van der Waals surface area contributed by atoms with Crippen molar-refractivity contribution < 1.29 is 18.5 Å². The van der Waals surface area contributed by atoms with Crippen molar-refractivity contribution in [2.75, 3.05) is 12.0 Å². The Bertz CT molecular complexity index is 394. The zero-order valence-electron chi connectivity index (χ0n) is 12.5. The molecule has 0 N–H and O–H groups in total. The van der Waals surface area contributed by atoms with Crippen LogP contribution in [-0.2, 0) is 20.3 Å². The smallest absolute Gasteiger partial charge is 0.434 e. The lowest BCUT2D eigenvalue weighted by Gasteiger charge is -2.18. The van der Waals surface area contributed by atoms with Gasteiger partial charge in [-0.15, -0.1) is 0 Å². The van der Waals surface area contributed by atoms with Crippen molar-refractivity contribution in [1.82, 2.24) is 0 Å². The molecule has 0 aliphatic heterocycles. The first-order valence-electron chi connectivity index (χ1n) is 6.15. The van der Waals surface area contributed by atoms with Gasteiger partial charge in [0.05, 0.1) is 11.5 Å². The van der Waals surface area contributed by atoms with Crippen LogP contribution in [0.15, 0.2) is 4.99 Å². The molecule has 1 amide bonds. The molecule has 1 unspecified atom stereocenters. The lowest BCUT2D eigenvalue weighted by molar-refractivity contribution is -0.110. The first kappa shape index (κ1) is 18.0. The van der Waals surface area contributed by atoms with E-state index in [1.54, 1.807) is 20.8 Å². The zero-order chi connectivity index (χ0) is 15.2. The molecule has 0 saturated heterocycles. The summed E-state index contributed by atoms with van der Waals surface area (Å²) in [5, 5.41) is 0. The first-order chi connectivity index (χ1) is 8.51. The van der Waals surface area contributed by atoms with Crippen LogP contribution in [0.1, 0.15) is 41.0 Å². The number of ether oxygens (including phenoxy) is 1. The zero-order valence-corrected chi connectivity index (χ0v) is 13.3. The standard InChI is InChI=1S/C13H23NO4S/c1-9(2)7-10(11(15)8-19(6)17)14-12(16)18-13(3,4)5/h9H,7-8H2,1-6H3/b14-10+. The van der Waals surface area contributed by atoms with Crippen LogP contribution in [0.5, 0.6) is 0 Å². The average molecular weight is 289 g/mol. The number of amides is 1. The number of carbonyl (C=O) groups excluding carboxylic acids is 2. The van der Waals surface area contributed by atoms with E-state index in [2.05, 4.69) is 4.99 Å². The molecule has 0 rings (SSSR count). The molecular formula is C13H23NO4S. The Morgan fingerprint density at radius 2 is 1.79 bits per heavy atom. The molecule has 1 atom stereocenters. The monoisotopic (exact) mass is 289 g/mol. The minimum absolute atomic E-state index is 0.117. The van der Waals surface area contributed by atoms with Crippen LogP contribution in [-0.4, -0.2) is 39.4 Å². The molecule has 0 fully saturated rings. The molecule has 110 valence electrons. The summed E-state index contributed by atoms with van der Waals surface area (Å²) in [5.74, 6) is -0.301. The topological polar surface area (TPSA) is 72.8 Å². The summed E-state index contributed by atoms with van der Waals surface area (Å²) in [7, 11) is -1.25. The van der Waals surface area contributed by atoms with Crippen molar-refractivity contribution in [1.29, 1.82) is 0 Å². The molecule has 0 aromatic carbocycles. The van der Waals surface area contributed by atoms with Crippen LogP contribution >= 0.6 is 0 Å². The van der Waals surface area contributed by atoms with Crippen molar-refractivity contribution in [2.45, 2.75) is 46.6 Å². The fourth-order valence-electron chi connectivity index (χ4n) is 1.27. The van der Waals surface area contributed by atoms with Gasteiger partial charge in [0.25, 0.3) is 0 Å². The Kier molecular flexibility index (Phi) is 7.11. The van der Waals surface area contributed by atoms with Crippen molar-refractivity contribution in [3.63, 3.8) is 0 Å². The molecule has 0 radical (unpaired) electrons. The highest BCUT2D eigenvalue weighted by molar-refractivity contribution is 7.85. The Morgan fingerprint density at radius 3 is 2.16 bits per heavy atom. The SMILES string of the molecule is CC(C)C/C(=N\C(=O)OC(C)(C)C)C(=O)CS(C)=O. The molecule has 19 heavy (non-hydrogen) atoms. The van der Waals surface area contributed by atoms with Gasteiger partial charge in [-0.1, -0.05) is 13.8 Å². The van der Waals surface area contributed by atoms with Crippen LogP contribution in [0.2, 0.25) is 0 Å². The van der Waals surface area contributed by atoms with Crippen LogP contribution in [0.4, 0.5) is 4.79 Å². The van der Waals surface area contributed by atoms with Gasteiger partial charge in [-0.3, -0.25) is 9.00 Å². The van der Waals surface area contributed by atoms with Gasteiger partial charge in [-0.25, -0.2) is 4.79 Å². The summed E-state index contributed by atoms with van der Waals surface area (Å²) in [4.78, 5) is 27.2. The highest BCUT2D eigenvalue weighted by Gasteiger charge is 2.20. The maximum absolute atomic E-state index is 11.9. The summed E-state index contributed by atoms with van der Waals surface area (Å²) in [6.45, 7) is 9.02. The van der Waals surface area contributed by atoms with Gasteiger partial charge in [0.2, 0.25) is 0 Å². The Balaban J connectivity index is 4.97. The second kappa shape index (κ2) is 7.53. The van der Waals surface area contributed by atoms with Crippen molar-refractivity contribution in [3.8, 4) is 0 Å². The molecule has 6 heteroatoms. The molecule has 0 saturated carbocycles. The number of nitrogens with zero attached hydrogens (tertiary/aromatic N) is 1. The van der Waals surface area contributed by atoms with Crippen molar-refractivity contribution in [3.05, 3.63) is 0 Å². The van der Waals surface area contributed by atoms with E-state index in [1.165, 1.54) is 6.26 Å². The van der Waals surface area contributed by atoms with E-state index in [1.807, 2.05) is 13.8 Å². The van der Waals surface area contributed by atoms with E-state index >= 15 is 0 Å². The second-order valence-corrected chi connectivity index (χ2v) is 7.21. The van der Waals surface area contributed by atoms with Crippen molar-refractivity contribution >= 4 is 28.4 Å². The molecule has 0 spiro atoms. The van der Waals surface area contributed by atoms with Gasteiger partial charge < -0.3 is 4.74 Å². The number of carbonyl (C=O) groups is 2. The quantitative estimate of drug-likeness (QED) is 0.728. The van der Waals surface area contributed by atoms with Crippen molar-refractivity contribution in [2.24, 2.45) is 10.9 Å². The predicted octanol–water partition coefficient (Wildman–Crippen LogP) is 2.36. The second-order valence-electron chi connectivity index (χ2n) is 5.78. The molecule has 5 nitrogen and oxygen atoms in total. The van der Waals surface area contributed by atoms with E-state index in [0.717, 1.165) is 0 Å². The lowest BCUT2D eigenvalue weighted by atomic mass is 10.0. The van der Waals surface area contributed by atoms with Crippen LogP contribution in [0.3, 0.4) is 0 Å². The number of Topliss-reactive ketones (excluding diaryl/α,β-unsaturated/α-hetero) is 1. The minimum atomic E-state index is -1.25. The molecule has 0 heterocycles. The van der Waals surface area contributed by atoms with Gasteiger partial charge in [0, 0.05) is 17.1 Å². The summed E-state index contributed by atoms with van der Waals surface area (Å²) >= 11 is 0. The molecule has 0 aromatic rings. The highest BCUT2D eigenvalue weighted by atomic mass is 32.2. The van der Waals surface area contributed by atoms with E-state index < -0.39 is 22.5 Å². The number of hydrogen-bond acceptors (Lipinski definition) is 4. The van der Waals surface area contributed by atoms with Crippen LogP contribution in [0.25, 0.3) is 0 Å². The molecule has 0 aromatic heterocycles. The van der Waals surface area contributed by atoms with E-state index in [4.69, 9.17) is 4.74 Å². The number of aliphatic imine (C=N–C) groups is 1. The predicted molar refractivity (Wildman–Crippen MR) is 77.1 cm³/mol. The third kappa shape index (κ3) is 9.53. The number of rotatable bonds is 5. The van der Waals surface area contributed by atoms with E-state index in [9.17, 15) is 13.8 Å². The molecule has 0 aliphatic carbocycles. The normalized spacial score (nSPS) is 14.4. The molecular weight excluding hydrogens is 266 g/mol. The summed E-state index contributed by atoms with van der Waals surface area (Å²) in [6, 6.07) is 0.